The van der Waals surface area contributed by atoms with Crippen molar-refractivity contribution in [1.29, 1.82) is 5.26 Å². The number of amides is 1. The van der Waals surface area contributed by atoms with Crippen LogP contribution in [0.5, 0.6) is 0 Å². The number of anilines is 2. The maximum atomic E-state index is 12.3. The van der Waals surface area contributed by atoms with E-state index in [0.717, 1.165) is 37.4 Å². The first-order chi connectivity index (χ1) is 12.7. The molecule has 5 heteroatoms. The van der Waals surface area contributed by atoms with E-state index in [0.29, 0.717) is 11.4 Å². The summed E-state index contributed by atoms with van der Waals surface area (Å²) in [6.07, 6.45) is 6.32. The number of rotatable bonds is 4. The minimum absolute atomic E-state index is 0.0161. The normalized spacial score (nSPS) is 15.2. The molecule has 2 aromatic rings. The van der Waals surface area contributed by atoms with E-state index in [1.807, 2.05) is 43.3 Å². The maximum Gasteiger partial charge on any atom is 0.266 e. The molecule has 3 rings (SSSR count). The number of hydrogen-bond donors (Lipinski definition) is 1. The third-order valence-corrected chi connectivity index (χ3v) is 4.49. The highest BCUT2D eigenvalue weighted by Gasteiger charge is 2.15. The van der Waals surface area contributed by atoms with Crippen LogP contribution < -0.4 is 10.2 Å². The minimum Gasteiger partial charge on any atom is -0.441 e. The van der Waals surface area contributed by atoms with E-state index in [2.05, 4.69) is 10.2 Å². The van der Waals surface area contributed by atoms with Gasteiger partial charge in [-0.15, -0.1) is 0 Å². The van der Waals surface area contributed by atoms with E-state index < -0.39 is 5.91 Å². The first kappa shape index (κ1) is 17.8. The van der Waals surface area contributed by atoms with Crippen LogP contribution in [-0.2, 0) is 4.79 Å². The maximum absolute atomic E-state index is 12.3. The minimum atomic E-state index is -0.441. The van der Waals surface area contributed by atoms with Crippen LogP contribution in [0.2, 0.25) is 0 Å². The molecule has 0 bridgehead atoms. The Morgan fingerprint density at radius 3 is 2.46 bits per heavy atom. The molecule has 1 aliphatic heterocycles. The van der Waals surface area contributed by atoms with Crippen molar-refractivity contribution in [3.63, 3.8) is 0 Å². The second-order valence-corrected chi connectivity index (χ2v) is 6.57. The van der Waals surface area contributed by atoms with Gasteiger partial charge in [-0.3, -0.25) is 4.79 Å². The highest BCUT2D eigenvalue weighted by atomic mass is 16.4. The number of nitrogens with zero attached hydrogens (tertiary/aromatic N) is 2. The van der Waals surface area contributed by atoms with E-state index >= 15 is 0 Å². The van der Waals surface area contributed by atoms with Gasteiger partial charge in [-0.05, 0) is 38.0 Å². The fourth-order valence-corrected chi connectivity index (χ4v) is 3.01. The molecule has 0 saturated carbocycles. The Labute approximate surface area is 153 Å². The summed E-state index contributed by atoms with van der Waals surface area (Å²) in [4.78, 5) is 14.6. The molecule has 1 aromatic carbocycles. The SMILES string of the molecule is Cc1ccc(NC(=O)/C(C#N)=C\c2ccc(N3CCCCCC3)o2)cc1. The summed E-state index contributed by atoms with van der Waals surface area (Å²) in [5, 5.41) is 12.1. The molecular weight excluding hydrogens is 326 g/mol. The van der Waals surface area contributed by atoms with E-state index in [9.17, 15) is 10.1 Å². The number of carbonyl (C=O) groups excluding carboxylic acids is 1. The lowest BCUT2D eigenvalue weighted by Gasteiger charge is -2.18. The van der Waals surface area contributed by atoms with Crippen LogP contribution in [0, 0.1) is 18.3 Å². The van der Waals surface area contributed by atoms with Crippen molar-refractivity contribution in [2.24, 2.45) is 0 Å². The number of nitriles is 1. The summed E-state index contributed by atoms with van der Waals surface area (Å²) in [6.45, 7) is 3.94. The molecule has 1 aromatic heterocycles. The average molecular weight is 349 g/mol. The van der Waals surface area contributed by atoms with Gasteiger partial charge in [0.2, 0.25) is 0 Å². The van der Waals surface area contributed by atoms with E-state index in [4.69, 9.17) is 4.42 Å². The van der Waals surface area contributed by atoms with Crippen molar-refractivity contribution in [3.05, 3.63) is 53.3 Å². The smallest absolute Gasteiger partial charge is 0.266 e. The predicted octanol–water partition coefficient (Wildman–Crippen LogP) is 4.51. The second-order valence-electron chi connectivity index (χ2n) is 6.57. The van der Waals surface area contributed by atoms with Crippen LogP contribution in [-0.4, -0.2) is 19.0 Å². The Morgan fingerprint density at radius 1 is 1.12 bits per heavy atom. The molecule has 1 fully saturated rings. The molecule has 0 unspecified atom stereocenters. The molecule has 26 heavy (non-hydrogen) atoms. The highest BCUT2D eigenvalue weighted by molar-refractivity contribution is 6.09. The molecule has 0 atom stereocenters. The molecule has 5 nitrogen and oxygen atoms in total. The Hall–Kier alpha value is -3.00. The number of aryl methyl sites for hydroxylation is 1. The molecule has 1 aliphatic rings. The predicted molar refractivity (Wildman–Crippen MR) is 103 cm³/mol. The van der Waals surface area contributed by atoms with Gasteiger partial charge < -0.3 is 14.6 Å². The summed E-state index contributed by atoms with van der Waals surface area (Å²) in [5.74, 6) is 0.873. The van der Waals surface area contributed by atoms with E-state index in [1.54, 1.807) is 6.07 Å². The first-order valence-electron chi connectivity index (χ1n) is 9.00. The summed E-state index contributed by atoms with van der Waals surface area (Å²) < 4.78 is 5.85. The first-order valence-corrected chi connectivity index (χ1v) is 9.00. The van der Waals surface area contributed by atoms with Crippen molar-refractivity contribution < 1.29 is 9.21 Å². The largest absolute Gasteiger partial charge is 0.441 e. The standard InChI is InChI=1S/C21H23N3O2/c1-16-6-8-18(9-7-16)23-21(25)17(15-22)14-19-10-11-20(26-19)24-12-4-2-3-5-13-24/h6-11,14H,2-5,12-13H2,1H3,(H,23,25)/b17-14-. The van der Waals surface area contributed by atoms with Crippen LogP contribution >= 0.6 is 0 Å². The van der Waals surface area contributed by atoms with Gasteiger partial charge >= 0.3 is 0 Å². The zero-order valence-electron chi connectivity index (χ0n) is 15.0. The van der Waals surface area contributed by atoms with Gasteiger partial charge in [-0.2, -0.15) is 5.26 Å². The molecule has 1 N–H and O–H groups in total. The van der Waals surface area contributed by atoms with E-state index in [-0.39, 0.29) is 5.57 Å². The molecule has 0 radical (unpaired) electrons. The molecule has 0 aliphatic carbocycles. The summed E-state index contributed by atoms with van der Waals surface area (Å²) >= 11 is 0. The lowest BCUT2D eigenvalue weighted by Crippen LogP contribution is -2.23. The van der Waals surface area contributed by atoms with Gasteiger partial charge in [0, 0.05) is 30.9 Å². The number of benzene rings is 1. The van der Waals surface area contributed by atoms with Crippen LogP contribution in [0.15, 0.2) is 46.4 Å². The van der Waals surface area contributed by atoms with E-state index in [1.165, 1.54) is 18.9 Å². The molecular formula is C21H23N3O2. The Morgan fingerprint density at radius 2 is 1.81 bits per heavy atom. The van der Waals surface area contributed by atoms with Crippen LogP contribution in [0.3, 0.4) is 0 Å². The summed E-state index contributed by atoms with van der Waals surface area (Å²) in [5.41, 5.74) is 1.78. The number of carbonyl (C=O) groups is 1. The van der Waals surface area contributed by atoms with Crippen LogP contribution in [0.1, 0.15) is 37.0 Å². The summed E-state index contributed by atoms with van der Waals surface area (Å²) in [7, 11) is 0. The lowest BCUT2D eigenvalue weighted by atomic mass is 10.2. The van der Waals surface area contributed by atoms with Gasteiger partial charge in [-0.25, -0.2) is 0 Å². The van der Waals surface area contributed by atoms with Gasteiger partial charge in [0.15, 0.2) is 5.88 Å². The Bertz CT molecular complexity index is 820. The zero-order valence-corrected chi connectivity index (χ0v) is 15.0. The third-order valence-electron chi connectivity index (χ3n) is 4.49. The van der Waals surface area contributed by atoms with Gasteiger partial charge in [0.05, 0.1) is 0 Å². The van der Waals surface area contributed by atoms with Crippen molar-refractivity contribution in [3.8, 4) is 6.07 Å². The molecule has 1 saturated heterocycles. The van der Waals surface area contributed by atoms with Crippen LogP contribution in [0.25, 0.3) is 6.08 Å². The molecule has 0 spiro atoms. The van der Waals surface area contributed by atoms with Gasteiger partial charge in [0.1, 0.15) is 17.4 Å². The Balaban J connectivity index is 1.71. The van der Waals surface area contributed by atoms with Gasteiger partial charge in [0.25, 0.3) is 5.91 Å². The zero-order chi connectivity index (χ0) is 18.4. The number of nitrogens with one attached hydrogen (secondary N) is 1. The monoisotopic (exact) mass is 349 g/mol. The Kier molecular flexibility index (Phi) is 5.75. The topological polar surface area (TPSA) is 69.3 Å². The van der Waals surface area contributed by atoms with Crippen molar-refractivity contribution in [2.45, 2.75) is 32.6 Å². The second kappa shape index (κ2) is 8.39. The van der Waals surface area contributed by atoms with Crippen molar-refractivity contribution >= 4 is 23.6 Å². The highest BCUT2D eigenvalue weighted by Crippen LogP contribution is 2.23. The van der Waals surface area contributed by atoms with Crippen LogP contribution in [0.4, 0.5) is 11.6 Å². The molecule has 134 valence electrons. The van der Waals surface area contributed by atoms with Crippen molar-refractivity contribution in [1.82, 2.24) is 0 Å². The average Bonchev–Trinajstić information content (AvgIpc) is 2.94. The third kappa shape index (κ3) is 4.54. The summed E-state index contributed by atoms with van der Waals surface area (Å²) in [6, 6.07) is 13.1. The fraction of sp³-hybridized carbons (Fsp3) is 0.333. The van der Waals surface area contributed by atoms with Crippen molar-refractivity contribution in [2.75, 3.05) is 23.3 Å². The van der Waals surface area contributed by atoms with Gasteiger partial charge in [-0.1, -0.05) is 30.5 Å². The number of furan rings is 1. The molecule has 1 amide bonds. The lowest BCUT2D eigenvalue weighted by molar-refractivity contribution is -0.112. The fourth-order valence-electron chi connectivity index (χ4n) is 3.01. The number of hydrogen-bond acceptors (Lipinski definition) is 4. The molecule has 2 heterocycles. The quantitative estimate of drug-likeness (QED) is 0.651.